The van der Waals surface area contributed by atoms with Crippen LogP contribution in [0, 0.1) is 0 Å². The monoisotopic (exact) mass is 417 g/mol. The van der Waals surface area contributed by atoms with E-state index in [-0.39, 0.29) is 12.5 Å². The zero-order chi connectivity index (χ0) is 19.9. The van der Waals surface area contributed by atoms with Gasteiger partial charge in [0.2, 0.25) is 15.9 Å². The molecule has 0 aliphatic carbocycles. The highest BCUT2D eigenvalue weighted by molar-refractivity contribution is 7.88. The number of hydrogen-bond donors (Lipinski definition) is 1. The van der Waals surface area contributed by atoms with Gasteiger partial charge in [-0.1, -0.05) is 29.8 Å². The Labute approximate surface area is 168 Å². The predicted molar refractivity (Wildman–Crippen MR) is 111 cm³/mol. The number of halogens is 1. The van der Waals surface area contributed by atoms with E-state index in [0.29, 0.717) is 24.5 Å². The summed E-state index contributed by atoms with van der Waals surface area (Å²) in [5.74, 6) is -0.142. The molecule has 0 unspecified atom stereocenters. The van der Waals surface area contributed by atoms with Gasteiger partial charge >= 0.3 is 0 Å². The van der Waals surface area contributed by atoms with Crippen LogP contribution in [0.15, 0.2) is 48.7 Å². The summed E-state index contributed by atoms with van der Waals surface area (Å²) >= 11 is 6.08. The minimum Gasteiger partial charge on any atom is -0.338 e. The van der Waals surface area contributed by atoms with Gasteiger partial charge in [-0.15, -0.1) is 0 Å². The zero-order valence-corrected chi connectivity index (χ0v) is 16.9. The van der Waals surface area contributed by atoms with Crippen molar-refractivity contribution in [1.82, 2.24) is 8.87 Å². The molecule has 1 aliphatic heterocycles. The molecule has 3 aromatic rings. The van der Waals surface area contributed by atoms with Gasteiger partial charge in [-0.25, -0.2) is 8.42 Å². The first-order chi connectivity index (χ1) is 13.3. The molecule has 28 heavy (non-hydrogen) atoms. The zero-order valence-electron chi connectivity index (χ0n) is 15.4. The standard InChI is InChI=1S/C20H20ClN3O3S/c1-28(26,27)24-10-8-17-15(12-24)3-2-4-18(17)22-20(25)13-23-9-7-14-5-6-16(21)11-19(14)23/h2-7,9,11H,8,10,12-13H2,1H3,(H,22,25). The molecule has 0 radical (unpaired) electrons. The molecule has 4 rings (SSSR count). The minimum atomic E-state index is -3.23. The molecule has 2 heterocycles. The van der Waals surface area contributed by atoms with Gasteiger partial charge in [-0.05, 0) is 47.2 Å². The quantitative estimate of drug-likeness (QED) is 0.708. The van der Waals surface area contributed by atoms with Gasteiger partial charge in [0.1, 0.15) is 6.54 Å². The highest BCUT2D eigenvalue weighted by atomic mass is 35.5. The van der Waals surface area contributed by atoms with E-state index in [4.69, 9.17) is 11.6 Å². The maximum atomic E-state index is 12.6. The van der Waals surface area contributed by atoms with Gasteiger partial charge < -0.3 is 9.88 Å². The highest BCUT2D eigenvalue weighted by Crippen LogP contribution is 2.27. The molecule has 0 saturated carbocycles. The van der Waals surface area contributed by atoms with E-state index in [1.54, 1.807) is 0 Å². The van der Waals surface area contributed by atoms with E-state index < -0.39 is 10.0 Å². The Morgan fingerprint density at radius 1 is 1.21 bits per heavy atom. The number of anilines is 1. The van der Waals surface area contributed by atoms with Crippen molar-refractivity contribution >= 4 is 44.1 Å². The number of carbonyl (C=O) groups is 1. The van der Waals surface area contributed by atoms with E-state index in [9.17, 15) is 13.2 Å². The van der Waals surface area contributed by atoms with Gasteiger partial charge in [-0.3, -0.25) is 4.79 Å². The van der Waals surface area contributed by atoms with Gasteiger partial charge in [-0.2, -0.15) is 4.31 Å². The van der Waals surface area contributed by atoms with Crippen molar-refractivity contribution < 1.29 is 13.2 Å². The molecule has 1 amide bonds. The van der Waals surface area contributed by atoms with Gasteiger partial charge in [0.15, 0.2) is 0 Å². The first-order valence-corrected chi connectivity index (χ1v) is 11.1. The fourth-order valence-corrected chi connectivity index (χ4v) is 4.59. The van der Waals surface area contributed by atoms with E-state index in [1.807, 2.05) is 53.2 Å². The third-order valence-corrected chi connectivity index (χ3v) is 6.51. The topological polar surface area (TPSA) is 71.4 Å². The minimum absolute atomic E-state index is 0.142. The number of fused-ring (bicyclic) bond motifs is 2. The van der Waals surface area contributed by atoms with E-state index in [2.05, 4.69) is 5.32 Å². The van der Waals surface area contributed by atoms with Crippen LogP contribution < -0.4 is 5.32 Å². The first-order valence-electron chi connectivity index (χ1n) is 8.91. The molecule has 1 aromatic heterocycles. The second kappa shape index (κ2) is 7.24. The number of amides is 1. The summed E-state index contributed by atoms with van der Waals surface area (Å²) < 4.78 is 26.9. The van der Waals surface area contributed by atoms with Crippen LogP contribution in [-0.2, 0) is 34.3 Å². The number of carbonyl (C=O) groups excluding carboxylic acids is 1. The van der Waals surface area contributed by atoms with Crippen LogP contribution in [0.1, 0.15) is 11.1 Å². The molecule has 0 fully saturated rings. The van der Waals surface area contributed by atoms with Crippen LogP contribution in [-0.4, -0.2) is 36.0 Å². The molecule has 6 nitrogen and oxygen atoms in total. The molecule has 0 saturated heterocycles. The number of hydrogen-bond acceptors (Lipinski definition) is 3. The Bertz CT molecular complexity index is 1170. The Balaban J connectivity index is 1.53. The summed E-state index contributed by atoms with van der Waals surface area (Å²) in [5.41, 5.74) is 3.57. The largest absolute Gasteiger partial charge is 0.338 e. The maximum absolute atomic E-state index is 12.6. The van der Waals surface area contributed by atoms with Crippen LogP contribution in [0.4, 0.5) is 5.69 Å². The summed E-state index contributed by atoms with van der Waals surface area (Å²) in [7, 11) is -3.23. The summed E-state index contributed by atoms with van der Waals surface area (Å²) in [4.78, 5) is 12.6. The maximum Gasteiger partial charge on any atom is 0.244 e. The second-order valence-electron chi connectivity index (χ2n) is 6.98. The van der Waals surface area contributed by atoms with Crippen LogP contribution >= 0.6 is 11.6 Å². The highest BCUT2D eigenvalue weighted by Gasteiger charge is 2.25. The number of sulfonamides is 1. The second-order valence-corrected chi connectivity index (χ2v) is 9.40. The van der Waals surface area contributed by atoms with Crippen molar-refractivity contribution in [1.29, 1.82) is 0 Å². The lowest BCUT2D eigenvalue weighted by Gasteiger charge is -2.28. The number of nitrogens with zero attached hydrogens (tertiary/aromatic N) is 2. The van der Waals surface area contributed by atoms with Crippen molar-refractivity contribution in [3.05, 3.63) is 64.8 Å². The van der Waals surface area contributed by atoms with Gasteiger partial charge in [0.05, 0.1) is 6.26 Å². The van der Waals surface area contributed by atoms with Crippen molar-refractivity contribution in [3.63, 3.8) is 0 Å². The lowest BCUT2D eigenvalue weighted by atomic mass is 9.99. The number of aromatic nitrogens is 1. The number of nitrogens with one attached hydrogen (secondary N) is 1. The van der Waals surface area contributed by atoms with Crippen LogP contribution in [0.25, 0.3) is 10.9 Å². The lowest BCUT2D eigenvalue weighted by Crippen LogP contribution is -2.35. The summed E-state index contributed by atoms with van der Waals surface area (Å²) in [6, 6.07) is 13.1. The Morgan fingerprint density at radius 3 is 2.82 bits per heavy atom. The SMILES string of the molecule is CS(=O)(=O)N1CCc2c(cccc2NC(=O)Cn2ccc3ccc(Cl)cc32)C1. The van der Waals surface area contributed by atoms with Crippen molar-refractivity contribution in [2.45, 2.75) is 19.5 Å². The van der Waals surface area contributed by atoms with E-state index >= 15 is 0 Å². The normalized spacial score (nSPS) is 14.8. The fourth-order valence-electron chi connectivity index (χ4n) is 3.62. The smallest absolute Gasteiger partial charge is 0.244 e. The third-order valence-electron chi connectivity index (χ3n) is 5.02. The molecule has 146 valence electrons. The van der Waals surface area contributed by atoms with Gasteiger partial charge in [0.25, 0.3) is 0 Å². The molecule has 0 spiro atoms. The Morgan fingerprint density at radius 2 is 2.04 bits per heavy atom. The first kappa shape index (κ1) is 19.0. The van der Waals surface area contributed by atoms with E-state index in [1.165, 1.54) is 10.6 Å². The molecular weight excluding hydrogens is 398 g/mol. The molecule has 2 aromatic carbocycles. The third kappa shape index (κ3) is 3.78. The van der Waals surface area contributed by atoms with Crippen LogP contribution in [0.5, 0.6) is 0 Å². The Kier molecular flexibility index (Phi) is 4.91. The van der Waals surface area contributed by atoms with Crippen LogP contribution in [0.2, 0.25) is 5.02 Å². The van der Waals surface area contributed by atoms with E-state index in [0.717, 1.165) is 27.7 Å². The average molecular weight is 418 g/mol. The summed E-state index contributed by atoms with van der Waals surface area (Å²) in [6.07, 6.45) is 3.66. The molecule has 0 bridgehead atoms. The fraction of sp³-hybridized carbons (Fsp3) is 0.250. The number of rotatable bonds is 4. The predicted octanol–water partition coefficient (Wildman–Crippen LogP) is 3.25. The molecule has 1 aliphatic rings. The van der Waals surface area contributed by atoms with Crippen molar-refractivity contribution in [2.75, 3.05) is 18.1 Å². The average Bonchev–Trinajstić information content (AvgIpc) is 3.02. The van der Waals surface area contributed by atoms with Crippen LogP contribution in [0.3, 0.4) is 0 Å². The van der Waals surface area contributed by atoms with Crippen molar-refractivity contribution in [3.8, 4) is 0 Å². The number of benzene rings is 2. The summed E-state index contributed by atoms with van der Waals surface area (Å²) in [5, 5.41) is 4.63. The Hall–Kier alpha value is -2.35. The molecular formula is C20H20ClN3O3S. The lowest BCUT2D eigenvalue weighted by molar-refractivity contribution is -0.116. The van der Waals surface area contributed by atoms with Gasteiger partial charge in [0, 0.05) is 35.5 Å². The molecule has 8 heteroatoms. The van der Waals surface area contributed by atoms with Crippen molar-refractivity contribution in [2.24, 2.45) is 0 Å². The molecule has 1 N–H and O–H groups in total. The molecule has 0 atom stereocenters. The summed E-state index contributed by atoms with van der Waals surface area (Å²) in [6.45, 7) is 0.918.